The fourth-order valence-corrected chi connectivity index (χ4v) is 3.78. The lowest BCUT2D eigenvalue weighted by Gasteiger charge is -2.34. The minimum atomic E-state index is 0.301. The number of benzene rings is 1. The lowest BCUT2D eigenvalue weighted by molar-refractivity contribution is 0.271. The predicted octanol–water partition coefficient (Wildman–Crippen LogP) is 4.87. The van der Waals surface area contributed by atoms with Gasteiger partial charge in [-0.05, 0) is 42.5 Å². The highest BCUT2D eigenvalue weighted by Crippen LogP contribution is 2.33. The molecule has 2 atom stereocenters. The number of ether oxygens (including phenoxy) is 1. The Balaban J connectivity index is 1.51. The van der Waals surface area contributed by atoms with Crippen LogP contribution in [0.15, 0.2) is 51.3 Å². The lowest BCUT2D eigenvalue weighted by Crippen LogP contribution is -2.38. The fourth-order valence-electron chi connectivity index (χ4n) is 3.78. The van der Waals surface area contributed by atoms with Crippen LogP contribution in [-0.4, -0.2) is 18.1 Å². The first kappa shape index (κ1) is 18.2. The highest BCUT2D eigenvalue weighted by molar-refractivity contribution is 5.56. The van der Waals surface area contributed by atoms with E-state index in [4.69, 9.17) is 13.6 Å². The molecule has 6 heteroatoms. The number of hydrogen-bond donors (Lipinski definition) is 0. The van der Waals surface area contributed by atoms with Gasteiger partial charge in [0.2, 0.25) is 11.6 Å². The van der Waals surface area contributed by atoms with Gasteiger partial charge in [-0.15, -0.1) is 0 Å². The molecule has 1 saturated heterocycles. The number of para-hydroxylation sites is 1. The molecule has 0 bridgehead atoms. The summed E-state index contributed by atoms with van der Waals surface area (Å²) in [5, 5.41) is 9.51. The number of nitrogens with zero attached hydrogens (tertiary/aromatic N) is 3. The molecule has 6 nitrogen and oxygen atoms in total. The van der Waals surface area contributed by atoms with Gasteiger partial charge >= 0.3 is 0 Å². The van der Waals surface area contributed by atoms with Gasteiger partial charge in [0.1, 0.15) is 24.2 Å². The molecule has 0 aliphatic carbocycles. The molecule has 3 aromatic rings. The summed E-state index contributed by atoms with van der Waals surface area (Å²) in [6.07, 6.45) is 1.18. The summed E-state index contributed by atoms with van der Waals surface area (Å²) >= 11 is 0. The van der Waals surface area contributed by atoms with Gasteiger partial charge in [-0.2, -0.15) is 10.2 Å². The van der Waals surface area contributed by atoms with Crippen LogP contribution in [0, 0.1) is 23.2 Å². The SMILES string of the molecule is CC1CC(C)CN(c2oc(-c3ccc(COc4ccccc4)o3)nc2C#N)C1. The van der Waals surface area contributed by atoms with Gasteiger partial charge in [0.15, 0.2) is 5.76 Å². The number of rotatable bonds is 5. The maximum atomic E-state index is 9.51. The van der Waals surface area contributed by atoms with Crippen LogP contribution >= 0.6 is 0 Å². The summed E-state index contributed by atoms with van der Waals surface area (Å²) in [4.78, 5) is 6.47. The molecule has 4 rings (SSSR count). The van der Waals surface area contributed by atoms with Crippen molar-refractivity contribution in [3.63, 3.8) is 0 Å². The molecule has 1 aliphatic rings. The van der Waals surface area contributed by atoms with Crippen molar-refractivity contribution in [3.8, 4) is 23.5 Å². The smallest absolute Gasteiger partial charge is 0.266 e. The number of anilines is 1. The van der Waals surface area contributed by atoms with E-state index >= 15 is 0 Å². The summed E-state index contributed by atoms with van der Waals surface area (Å²) in [5.41, 5.74) is 0.301. The third kappa shape index (κ3) is 3.89. The fraction of sp³-hybridized carbons (Fsp3) is 0.364. The quantitative estimate of drug-likeness (QED) is 0.631. The van der Waals surface area contributed by atoms with E-state index in [-0.39, 0.29) is 0 Å². The zero-order valence-electron chi connectivity index (χ0n) is 16.1. The lowest BCUT2D eigenvalue weighted by atomic mass is 9.92. The zero-order chi connectivity index (χ0) is 19.5. The summed E-state index contributed by atoms with van der Waals surface area (Å²) in [6.45, 7) is 6.48. The molecule has 28 heavy (non-hydrogen) atoms. The largest absolute Gasteiger partial charge is 0.486 e. The minimum Gasteiger partial charge on any atom is -0.486 e. The zero-order valence-corrected chi connectivity index (χ0v) is 16.1. The van der Waals surface area contributed by atoms with Crippen LogP contribution in [-0.2, 0) is 6.61 Å². The Hall–Kier alpha value is -3.20. The van der Waals surface area contributed by atoms with Crippen LogP contribution in [0.3, 0.4) is 0 Å². The van der Waals surface area contributed by atoms with Crippen LogP contribution < -0.4 is 9.64 Å². The Morgan fingerprint density at radius 1 is 1.11 bits per heavy atom. The second kappa shape index (κ2) is 7.81. The maximum absolute atomic E-state index is 9.51. The average Bonchev–Trinajstić information content (AvgIpc) is 3.33. The van der Waals surface area contributed by atoms with Crippen LogP contribution in [0.1, 0.15) is 31.7 Å². The molecule has 0 saturated carbocycles. The van der Waals surface area contributed by atoms with Gasteiger partial charge in [0.05, 0.1) is 0 Å². The van der Waals surface area contributed by atoms with E-state index in [9.17, 15) is 5.26 Å². The Morgan fingerprint density at radius 3 is 2.57 bits per heavy atom. The summed E-state index contributed by atoms with van der Waals surface area (Å²) in [6, 6.07) is 15.3. The first-order chi connectivity index (χ1) is 13.6. The van der Waals surface area contributed by atoms with Crippen molar-refractivity contribution in [2.75, 3.05) is 18.0 Å². The van der Waals surface area contributed by atoms with Gasteiger partial charge in [-0.3, -0.25) is 0 Å². The molecule has 0 N–H and O–H groups in total. The summed E-state index contributed by atoms with van der Waals surface area (Å²) in [7, 11) is 0. The molecule has 1 fully saturated rings. The van der Waals surface area contributed by atoms with E-state index in [2.05, 4.69) is 29.8 Å². The van der Waals surface area contributed by atoms with Crippen molar-refractivity contribution in [1.82, 2.24) is 4.98 Å². The monoisotopic (exact) mass is 377 g/mol. The summed E-state index contributed by atoms with van der Waals surface area (Å²) < 4.78 is 17.5. The maximum Gasteiger partial charge on any atom is 0.266 e. The Morgan fingerprint density at radius 2 is 1.86 bits per heavy atom. The number of hydrogen-bond acceptors (Lipinski definition) is 6. The molecule has 2 aromatic heterocycles. The van der Waals surface area contributed by atoms with E-state index in [1.54, 1.807) is 6.07 Å². The molecule has 0 amide bonds. The number of aromatic nitrogens is 1. The van der Waals surface area contributed by atoms with Gasteiger partial charge in [-0.1, -0.05) is 32.0 Å². The molecule has 0 radical (unpaired) electrons. The van der Waals surface area contributed by atoms with Crippen molar-refractivity contribution >= 4 is 5.88 Å². The minimum absolute atomic E-state index is 0.301. The number of furan rings is 1. The van der Waals surface area contributed by atoms with Crippen molar-refractivity contribution in [1.29, 1.82) is 5.26 Å². The van der Waals surface area contributed by atoms with Gasteiger partial charge < -0.3 is 18.5 Å². The highest BCUT2D eigenvalue weighted by Gasteiger charge is 2.28. The van der Waals surface area contributed by atoms with Crippen molar-refractivity contribution in [2.24, 2.45) is 11.8 Å². The third-order valence-corrected chi connectivity index (χ3v) is 4.87. The van der Waals surface area contributed by atoms with E-state index in [1.807, 2.05) is 36.4 Å². The van der Waals surface area contributed by atoms with E-state index in [1.165, 1.54) is 6.42 Å². The average molecular weight is 377 g/mol. The molecule has 1 aliphatic heterocycles. The van der Waals surface area contributed by atoms with Gasteiger partial charge in [-0.25, -0.2) is 0 Å². The van der Waals surface area contributed by atoms with Gasteiger partial charge in [0.25, 0.3) is 5.89 Å². The third-order valence-electron chi connectivity index (χ3n) is 4.87. The molecule has 3 heterocycles. The standard InChI is InChI=1S/C22H23N3O3/c1-15-10-16(2)13-25(12-15)22-19(11-23)24-21(28-22)20-9-8-18(27-20)14-26-17-6-4-3-5-7-17/h3-9,15-16H,10,12-14H2,1-2H3. The molecular formula is C22H23N3O3. The predicted molar refractivity (Wildman–Crippen MR) is 105 cm³/mol. The number of piperidine rings is 1. The number of nitriles is 1. The molecule has 0 spiro atoms. The van der Waals surface area contributed by atoms with Crippen LogP contribution in [0.2, 0.25) is 0 Å². The molecule has 2 unspecified atom stereocenters. The second-order valence-electron chi connectivity index (χ2n) is 7.50. The van der Waals surface area contributed by atoms with E-state index in [0.29, 0.717) is 47.4 Å². The van der Waals surface area contributed by atoms with Crippen molar-refractivity contribution in [2.45, 2.75) is 26.9 Å². The van der Waals surface area contributed by atoms with E-state index in [0.717, 1.165) is 18.8 Å². The Kier molecular flexibility index (Phi) is 5.07. The topological polar surface area (TPSA) is 75.4 Å². The second-order valence-corrected chi connectivity index (χ2v) is 7.50. The normalized spacial score (nSPS) is 19.4. The van der Waals surface area contributed by atoms with Gasteiger partial charge in [0, 0.05) is 13.1 Å². The molecular weight excluding hydrogens is 354 g/mol. The molecule has 144 valence electrons. The Bertz CT molecular complexity index is 961. The number of oxazole rings is 1. The van der Waals surface area contributed by atoms with Crippen LogP contribution in [0.4, 0.5) is 5.88 Å². The Labute approximate surface area is 164 Å². The van der Waals surface area contributed by atoms with Crippen molar-refractivity contribution < 1.29 is 13.6 Å². The summed E-state index contributed by atoms with van der Waals surface area (Å²) in [5.74, 6) is 3.89. The first-order valence-electron chi connectivity index (χ1n) is 9.55. The van der Waals surface area contributed by atoms with Crippen LogP contribution in [0.25, 0.3) is 11.7 Å². The van der Waals surface area contributed by atoms with E-state index < -0.39 is 0 Å². The molecule has 1 aromatic carbocycles. The highest BCUT2D eigenvalue weighted by atomic mass is 16.5. The van der Waals surface area contributed by atoms with Crippen molar-refractivity contribution in [3.05, 3.63) is 53.9 Å². The first-order valence-corrected chi connectivity index (χ1v) is 9.55. The van der Waals surface area contributed by atoms with Crippen LogP contribution in [0.5, 0.6) is 5.75 Å².